The van der Waals surface area contributed by atoms with Crippen LogP contribution in [0.3, 0.4) is 0 Å². The van der Waals surface area contributed by atoms with Gasteiger partial charge in [0, 0.05) is 11.8 Å². The van der Waals surface area contributed by atoms with Crippen LogP contribution in [0.2, 0.25) is 0 Å². The van der Waals surface area contributed by atoms with E-state index in [4.69, 9.17) is 0 Å². The van der Waals surface area contributed by atoms with Crippen LogP contribution in [0.4, 0.5) is 4.39 Å². The molecule has 0 aliphatic carbocycles. The van der Waals surface area contributed by atoms with Gasteiger partial charge in [-0.15, -0.1) is 0 Å². The van der Waals surface area contributed by atoms with Crippen LogP contribution in [-0.2, 0) is 6.42 Å². The lowest BCUT2D eigenvalue weighted by Crippen LogP contribution is -2.07. The maximum Gasteiger partial charge on any atom is 0.190 e. The minimum absolute atomic E-state index is 0.113. The highest BCUT2D eigenvalue weighted by molar-refractivity contribution is 5.82. The summed E-state index contributed by atoms with van der Waals surface area (Å²) < 4.78 is 13.5. The molecule has 2 nitrogen and oxygen atoms in total. The highest BCUT2D eigenvalue weighted by Crippen LogP contribution is 2.16. The Bertz CT molecular complexity index is 572. The summed E-state index contributed by atoms with van der Waals surface area (Å²) in [5.74, 6) is -0.372. The number of aromatic nitrogens is 1. The van der Waals surface area contributed by atoms with Crippen molar-refractivity contribution in [1.29, 1.82) is 0 Å². The fraction of sp³-hybridized carbons (Fsp3) is 0.250. The van der Waals surface area contributed by atoms with Gasteiger partial charge in [0.2, 0.25) is 0 Å². The third-order valence-corrected chi connectivity index (χ3v) is 2.58. The lowest BCUT2D eigenvalue weighted by molar-refractivity contribution is 0.636. The second kappa shape index (κ2) is 3.50. The molecule has 0 atom stereocenters. The Hall–Kier alpha value is -1.64. The Kier molecular flexibility index (Phi) is 2.31. The topological polar surface area (TPSA) is 32.9 Å². The van der Waals surface area contributed by atoms with E-state index in [1.54, 1.807) is 6.07 Å². The van der Waals surface area contributed by atoms with Crippen molar-refractivity contribution >= 4 is 10.9 Å². The normalized spacial score (nSPS) is 10.9. The first-order valence-electron chi connectivity index (χ1n) is 4.94. The standard InChI is InChI=1S/C12H12FNO/c1-3-8-6-10(15)11-7(2)4-5-9(13)12(11)14-8/h4-6H,3H2,1-2H3,(H,14,15). The first-order chi connectivity index (χ1) is 7.13. The Morgan fingerprint density at radius 1 is 1.40 bits per heavy atom. The van der Waals surface area contributed by atoms with Crippen LogP contribution < -0.4 is 5.43 Å². The van der Waals surface area contributed by atoms with Crippen LogP contribution in [-0.4, -0.2) is 4.98 Å². The Balaban J connectivity index is 2.97. The maximum atomic E-state index is 13.5. The van der Waals surface area contributed by atoms with E-state index in [-0.39, 0.29) is 11.2 Å². The van der Waals surface area contributed by atoms with Crippen LogP contribution in [0.25, 0.3) is 10.9 Å². The number of benzene rings is 1. The van der Waals surface area contributed by atoms with Crippen molar-refractivity contribution in [3.8, 4) is 0 Å². The molecule has 0 bridgehead atoms. The first kappa shape index (κ1) is 9.90. The molecule has 1 aromatic heterocycles. The number of hydrogen-bond acceptors (Lipinski definition) is 1. The van der Waals surface area contributed by atoms with Gasteiger partial charge in [-0.25, -0.2) is 4.39 Å². The molecule has 0 spiro atoms. The largest absolute Gasteiger partial charge is 0.356 e. The summed E-state index contributed by atoms with van der Waals surface area (Å²) in [5, 5.41) is 0.451. The number of aromatic amines is 1. The molecule has 1 aromatic carbocycles. The molecule has 2 aromatic rings. The molecule has 3 heteroatoms. The maximum absolute atomic E-state index is 13.5. The van der Waals surface area contributed by atoms with Crippen molar-refractivity contribution in [3.63, 3.8) is 0 Å². The van der Waals surface area contributed by atoms with Crippen molar-refractivity contribution in [2.75, 3.05) is 0 Å². The van der Waals surface area contributed by atoms with E-state index < -0.39 is 0 Å². The molecule has 2 rings (SSSR count). The Morgan fingerprint density at radius 3 is 2.80 bits per heavy atom. The summed E-state index contributed by atoms with van der Waals surface area (Å²) >= 11 is 0. The highest BCUT2D eigenvalue weighted by atomic mass is 19.1. The number of fused-ring (bicyclic) bond motifs is 1. The highest BCUT2D eigenvalue weighted by Gasteiger charge is 2.08. The van der Waals surface area contributed by atoms with Gasteiger partial charge in [0.25, 0.3) is 0 Å². The zero-order valence-electron chi connectivity index (χ0n) is 8.73. The molecule has 0 fully saturated rings. The summed E-state index contributed by atoms with van der Waals surface area (Å²) in [6.45, 7) is 3.73. The third kappa shape index (κ3) is 1.54. The number of rotatable bonds is 1. The smallest absolute Gasteiger partial charge is 0.190 e. The van der Waals surface area contributed by atoms with Gasteiger partial charge >= 0.3 is 0 Å². The summed E-state index contributed by atoms with van der Waals surface area (Å²) in [7, 11) is 0. The Labute approximate surface area is 86.8 Å². The van der Waals surface area contributed by atoms with Gasteiger partial charge in [0.15, 0.2) is 5.43 Å². The van der Waals surface area contributed by atoms with E-state index in [0.29, 0.717) is 17.3 Å². The summed E-state index contributed by atoms with van der Waals surface area (Å²) in [6.07, 6.45) is 0.693. The molecule has 0 aliphatic heterocycles. The number of nitrogens with one attached hydrogen (secondary N) is 1. The molecule has 0 unspecified atom stereocenters. The molecule has 1 heterocycles. The first-order valence-corrected chi connectivity index (χ1v) is 4.94. The number of halogens is 1. The van der Waals surface area contributed by atoms with Crippen LogP contribution in [0.15, 0.2) is 23.0 Å². The number of H-pyrrole nitrogens is 1. The average molecular weight is 205 g/mol. The molecule has 0 aliphatic rings. The third-order valence-electron chi connectivity index (χ3n) is 2.58. The van der Waals surface area contributed by atoms with E-state index in [9.17, 15) is 9.18 Å². The van der Waals surface area contributed by atoms with E-state index >= 15 is 0 Å². The number of aryl methyl sites for hydroxylation is 2. The van der Waals surface area contributed by atoms with Crippen molar-refractivity contribution in [2.45, 2.75) is 20.3 Å². The van der Waals surface area contributed by atoms with Crippen LogP contribution in [0.1, 0.15) is 18.2 Å². The van der Waals surface area contributed by atoms with Gasteiger partial charge in [-0.3, -0.25) is 4.79 Å². The van der Waals surface area contributed by atoms with Gasteiger partial charge < -0.3 is 4.98 Å². The van der Waals surface area contributed by atoms with Gasteiger partial charge in [0.1, 0.15) is 5.82 Å². The average Bonchev–Trinajstić information content (AvgIpc) is 2.23. The van der Waals surface area contributed by atoms with Gasteiger partial charge in [-0.05, 0) is 25.0 Å². The number of pyridine rings is 1. The minimum atomic E-state index is -0.372. The van der Waals surface area contributed by atoms with Gasteiger partial charge in [-0.1, -0.05) is 13.0 Å². The monoisotopic (exact) mass is 205 g/mol. The molecular weight excluding hydrogens is 193 g/mol. The van der Waals surface area contributed by atoms with Crippen LogP contribution in [0, 0.1) is 12.7 Å². The fourth-order valence-electron chi connectivity index (χ4n) is 1.74. The zero-order valence-corrected chi connectivity index (χ0v) is 8.73. The molecule has 0 saturated heterocycles. The predicted molar refractivity (Wildman–Crippen MR) is 58.6 cm³/mol. The Morgan fingerprint density at radius 2 is 2.13 bits per heavy atom. The molecule has 0 amide bonds. The second-order valence-electron chi connectivity index (χ2n) is 3.63. The molecule has 15 heavy (non-hydrogen) atoms. The van der Waals surface area contributed by atoms with Crippen molar-refractivity contribution in [3.05, 3.63) is 45.5 Å². The van der Waals surface area contributed by atoms with Crippen LogP contribution in [0.5, 0.6) is 0 Å². The molecule has 78 valence electrons. The van der Waals surface area contributed by atoms with E-state index in [0.717, 1.165) is 11.3 Å². The summed E-state index contributed by atoms with van der Waals surface area (Å²) in [5.41, 5.74) is 1.77. The van der Waals surface area contributed by atoms with E-state index in [2.05, 4.69) is 4.98 Å². The van der Waals surface area contributed by atoms with Crippen LogP contribution >= 0.6 is 0 Å². The molecule has 0 radical (unpaired) electrons. The van der Waals surface area contributed by atoms with Crippen molar-refractivity contribution in [2.24, 2.45) is 0 Å². The van der Waals surface area contributed by atoms with E-state index in [1.165, 1.54) is 12.1 Å². The summed E-state index contributed by atoms with van der Waals surface area (Å²) in [6, 6.07) is 4.54. The minimum Gasteiger partial charge on any atom is -0.356 e. The van der Waals surface area contributed by atoms with Gasteiger partial charge in [0.05, 0.1) is 10.9 Å². The lowest BCUT2D eigenvalue weighted by Gasteiger charge is -2.05. The quantitative estimate of drug-likeness (QED) is 0.762. The SMILES string of the molecule is CCc1cc(=O)c2c(C)ccc(F)c2[nH]1. The molecule has 1 N–H and O–H groups in total. The zero-order chi connectivity index (χ0) is 11.0. The van der Waals surface area contributed by atoms with E-state index in [1.807, 2.05) is 13.8 Å². The fourth-order valence-corrected chi connectivity index (χ4v) is 1.74. The molecular formula is C12H12FNO. The van der Waals surface area contributed by atoms with Crippen molar-refractivity contribution < 1.29 is 4.39 Å². The summed E-state index contributed by atoms with van der Waals surface area (Å²) in [4.78, 5) is 14.7. The van der Waals surface area contributed by atoms with Gasteiger partial charge in [-0.2, -0.15) is 0 Å². The predicted octanol–water partition coefficient (Wildman–Crippen LogP) is 2.54. The second-order valence-corrected chi connectivity index (χ2v) is 3.63. The van der Waals surface area contributed by atoms with Crippen molar-refractivity contribution in [1.82, 2.24) is 4.98 Å². The molecule has 0 saturated carbocycles. The number of hydrogen-bond donors (Lipinski definition) is 1. The lowest BCUT2D eigenvalue weighted by atomic mass is 10.1.